The second kappa shape index (κ2) is 9.01. The molecule has 29 heavy (non-hydrogen) atoms. The van der Waals surface area contributed by atoms with E-state index in [-0.39, 0.29) is 23.9 Å². The van der Waals surface area contributed by atoms with Crippen LogP contribution in [0.3, 0.4) is 0 Å². The van der Waals surface area contributed by atoms with Crippen LogP contribution >= 0.6 is 0 Å². The van der Waals surface area contributed by atoms with Crippen LogP contribution in [0, 0.1) is 0 Å². The molecule has 1 aliphatic heterocycles. The number of fused-ring (bicyclic) bond motifs is 1. The first kappa shape index (κ1) is 19.3. The Morgan fingerprint density at radius 1 is 1.10 bits per heavy atom. The summed E-state index contributed by atoms with van der Waals surface area (Å²) in [5.74, 6) is 0.0522. The van der Waals surface area contributed by atoms with Gasteiger partial charge < -0.3 is 14.8 Å². The molecule has 1 unspecified atom stereocenters. The summed E-state index contributed by atoms with van der Waals surface area (Å²) in [5, 5.41) is 4.06. The Balaban J connectivity index is 1.62. The summed E-state index contributed by atoms with van der Waals surface area (Å²) in [6.45, 7) is 2.62. The van der Waals surface area contributed by atoms with Crippen LogP contribution in [0.15, 0.2) is 65.7 Å². The molecule has 1 aromatic carbocycles. The van der Waals surface area contributed by atoms with Crippen LogP contribution in [-0.4, -0.2) is 39.5 Å². The largest absolute Gasteiger partial charge is 0.338 e. The first-order valence-corrected chi connectivity index (χ1v) is 10.2. The van der Waals surface area contributed by atoms with Crippen LogP contribution in [-0.2, 0) is 17.9 Å². The summed E-state index contributed by atoms with van der Waals surface area (Å²) in [6.07, 6.45) is 6.45. The van der Waals surface area contributed by atoms with E-state index in [1.807, 2.05) is 45.9 Å². The normalized spacial score (nSPS) is 17.0. The van der Waals surface area contributed by atoms with Crippen LogP contribution < -0.4 is 10.7 Å². The highest BCUT2D eigenvalue weighted by atomic mass is 16.2. The van der Waals surface area contributed by atoms with Gasteiger partial charge in [-0.1, -0.05) is 18.2 Å². The molecular formula is C23H26N4O2. The Kier molecular flexibility index (Phi) is 6.00. The fraction of sp³-hybridized carbons (Fsp3) is 0.348. The zero-order valence-electron chi connectivity index (χ0n) is 16.5. The minimum Gasteiger partial charge on any atom is -0.338 e. The predicted octanol–water partition coefficient (Wildman–Crippen LogP) is 2.57. The van der Waals surface area contributed by atoms with Crippen LogP contribution in [0.2, 0.25) is 0 Å². The minimum atomic E-state index is -0.0236. The van der Waals surface area contributed by atoms with E-state index in [9.17, 15) is 9.59 Å². The van der Waals surface area contributed by atoms with Crippen molar-refractivity contribution in [1.29, 1.82) is 0 Å². The molecule has 3 heterocycles. The number of aromatic nitrogens is 2. The molecule has 0 aliphatic carbocycles. The average molecular weight is 390 g/mol. The predicted molar refractivity (Wildman–Crippen MR) is 114 cm³/mol. The Morgan fingerprint density at radius 3 is 2.83 bits per heavy atom. The van der Waals surface area contributed by atoms with Crippen LogP contribution in [0.25, 0.3) is 10.9 Å². The topological polar surface area (TPSA) is 67.2 Å². The van der Waals surface area contributed by atoms with Crippen LogP contribution in [0.1, 0.15) is 25.0 Å². The molecule has 1 fully saturated rings. The number of hydrogen-bond acceptors (Lipinski definition) is 4. The maximum absolute atomic E-state index is 13.4. The van der Waals surface area contributed by atoms with E-state index in [0.29, 0.717) is 11.9 Å². The van der Waals surface area contributed by atoms with Gasteiger partial charge in [-0.05, 0) is 56.6 Å². The molecule has 0 spiro atoms. The summed E-state index contributed by atoms with van der Waals surface area (Å²) >= 11 is 0. The van der Waals surface area contributed by atoms with Gasteiger partial charge in [0.25, 0.3) is 0 Å². The number of nitrogens with zero attached hydrogens (tertiary/aromatic N) is 3. The molecule has 0 bridgehead atoms. The van der Waals surface area contributed by atoms with Gasteiger partial charge in [-0.2, -0.15) is 0 Å². The lowest BCUT2D eigenvalue weighted by Crippen LogP contribution is -2.42. The molecule has 1 saturated heterocycles. The molecule has 4 rings (SSSR count). The summed E-state index contributed by atoms with van der Waals surface area (Å²) < 4.78 is 1.87. The Bertz CT molecular complexity index is 1020. The quantitative estimate of drug-likeness (QED) is 0.727. The first-order chi connectivity index (χ1) is 14.2. The first-order valence-electron chi connectivity index (χ1n) is 10.2. The van der Waals surface area contributed by atoms with Crippen molar-refractivity contribution in [3.8, 4) is 0 Å². The summed E-state index contributed by atoms with van der Waals surface area (Å²) in [4.78, 5) is 32.0. The van der Waals surface area contributed by atoms with Crippen molar-refractivity contribution in [2.24, 2.45) is 0 Å². The zero-order valence-corrected chi connectivity index (χ0v) is 16.5. The highest BCUT2D eigenvalue weighted by molar-refractivity contribution is 5.82. The fourth-order valence-corrected chi connectivity index (χ4v) is 4.03. The maximum atomic E-state index is 13.4. The highest BCUT2D eigenvalue weighted by Crippen LogP contribution is 2.18. The number of amides is 1. The third-order valence-corrected chi connectivity index (χ3v) is 5.56. The molecule has 2 aromatic heterocycles. The van der Waals surface area contributed by atoms with Gasteiger partial charge in [0.15, 0.2) is 5.43 Å². The van der Waals surface area contributed by atoms with E-state index in [0.717, 1.165) is 43.6 Å². The lowest BCUT2D eigenvalue weighted by atomic mass is 10.1. The number of carbonyl (C=O) groups is 1. The molecular weight excluding hydrogens is 364 g/mol. The van der Waals surface area contributed by atoms with E-state index in [1.54, 1.807) is 18.5 Å². The minimum absolute atomic E-state index is 0.0236. The molecule has 1 atom stereocenters. The number of benzene rings is 1. The maximum Gasteiger partial charge on any atom is 0.243 e. The number of hydrogen-bond donors (Lipinski definition) is 1. The van der Waals surface area contributed by atoms with E-state index >= 15 is 0 Å². The van der Waals surface area contributed by atoms with Gasteiger partial charge in [-0.15, -0.1) is 0 Å². The number of rotatable bonds is 5. The van der Waals surface area contributed by atoms with Crippen molar-refractivity contribution in [2.45, 2.75) is 38.4 Å². The van der Waals surface area contributed by atoms with Gasteiger partial charge in [0.05, 0.1) is 17.8 Å². The summed E-state index contributed by atoms with van der Waals surface area (Å²) in [6, 6.07) is 15.0. The third kappa shape index (κ3) is 4.54. The van der Waals surface area contributed by atoms with Gasteiger partial charge in [-0.25, -0.2) is 0 Å². The van der Waals surface area contributed by atoms with Gasteiger partial charge in [0, 0.05) is 29.9 Å². The van der Waals surface area contributed by atoms with Crippen molar-refractivity contribution in [1.82, 2.24) is 19.8 Å². The van der Waals surface area contributed by atoms with Crippen molar-refractivity contribution in [2.75, 3.05) is 13.1 Å². The molecule has 1 N–H and O–H groups in total. The van der Waals surface area contributed by atoms with E-state index in [4.69, 9.17) is 0 Å². The lowest BCUT2D eigenvalue weighted by Gasteiger charge is -2.31. The highest BCUT2D eigenvalue weighted by Gasteiger charge is 2.25. The van der Waals surface area contributed by atoms with Crippen LogP contribution in [0.5, 0.6) is 0 Å². The Hall–Kier alpha value is -2.99. The van der Waals surface area contributed by atoms with E-state index < -0.39 is 0 Å². The third-order valence-electron chi connectivity index (χ3n) is 5.56. The van der Waals surface area contributed by atoms with E-state index in [1.165, 1.54) is 6.07 Å². The molecule has 0 radical (unpaired) electrons. The van der Waals surface area contributed by atoms with Crippen molar-refractivity contribution in [3.05, 3.63) is 76.8 Å². The SMILES string of the molecule is O=C(Cn1ccc(=O)c2ccccc21)N(Cc1ccccn1)C1CCCNCC1. The number of pyridine rings is 2. The van der Waals surface area contributed by atoms with Crippen molar-refractivity contribution >= 4 is 16.8 Å². The Morgan fingerprint density at radius 2 is 1.97 bits per heavy atom. The zero-order chi connectivity index (χ0) is 20.1. The van der Waals surface area contributed by atoms with Gasteiger partial charge >= 0.3 is 0 Å². The summed E-state index contributed by atoms with van der Waals surface area (Å²) in [7, 11) is 0. The Labute approximate surface area is 170 Å². The molecule has 150 valence electrons. The second-order valence-corrected chi connectivity index (χ2v) is 7.50. The second-order valence-electron chi connectivity index (χ2n) is 7.50. The van der Waals surface area contributed by atoms with E-state index in [2.05, 4.69) is 10.3 Å². The molecule has 3 aromatic rings. The molecule has 0 saturated carbocycles. The standard InChI is InChI=1S/C23H26N4O2/c28-22-11-15-26(21-9-2-1-8-20(21)22)17-23(29)27(16-18-6-3-4-13-25-18)19-7-5-12-24-14-10-19/h1-4,6,8-9,11,13,15,19,24H,5,7,10,12,14,16-17H2. The number of nitrogens with one attached hydrogen (secondary N) is 1. The van der Waals surface area contributed by atoms with Crippen LogP contribution in [0.4, 0.5) is 0 Å². The van der Waals surface area contributed by atoms with Gasteiger partial charge in [-0.3, -0.25) is 14.6 Å². The lowest BCUT2D eigenvalue weighted by molar-refractivity contribution is -0.135. The van der Waals surface area contributed by atoms with Crippen molar-refractivity contribution < 1.29 is 4.79 Å². The smallest absolute Gasteiger partial charge is 0.243 e. The molecule has 1 amide bonds. The van der Waals surface area contributed by atoms with Gasteiger partial charge in [0.2, 0.25) is 5.91 Å². The molecule has 6 nitrogen and oxygen atoms in total. The number of carbonyl (C=O) groups excluding carboxylic acids is 1. The molecule has 6 heteroatoms. The number of para-hydroxylation sites is 1. The summed E-state index contributed by atoms with van der Waals surface area (Å²) in [5.41, 5.74) is 1.65. The monoisotopic (exact) mass is 390 g/mol. The van der Waals surface area contributed by atoms with Crippen molar-refractivity contribution in [3.63, 3.8) is 0 Å². The average Bonchev–Trinajstić information content (AvgIpc) is 3.04. The van der Waals surface area contributed by atoms with Gasteiger partial charge in [0.1, 0.15) is 6.54 Å². The molecule has 1 aliphatic rings. The fourth-order valence-electron chi connectivity index (χ4n) is 4.03.